The van der Waals surface area contributed by atoms with Crippen molar-refractivity contribution in [1.82, 2.24) is 0 Å². The molecule has 1 atom stereocenters. The Morgan fingerprint density at radius 2 is 1.67 bits per heavy atom. The lowest BCUT2D eigenvalue weighted by atomic mass is 10.1. The van der Waals surface area contributed by atoms with Gasteiger partial charge in [-0.15, -0.1) is 0 Å². The summed E-state index contributed by atoms with van der Waals surface area (Å²) in [6.45, 7) is 1.18. The zero-order chi connectivity index (χ0) is 16.2. The van der Waals surface area contributed by atoms with Crippen LogP contribution in [0.4, 0.5) is 5.69 Å². The van der Waals surface area contributed by atoms with Gasteiger partial charge in [0.05, 0.1) is 6.10 Å². The monoisotopic (exact) mass is 335 g/mol. The van der Waals surface area contributed by atoms with Crippen LogP contribution in [0.2, 0.25) is 0 Å². The average molecular weight is 335 g/mol. The summed E-state index contributed by atoms with van der Waals surface area (Å²) in [6.07, 6.45) is -0.281. The van der Waals surface area contributed by atoms with Crippen LogP contribution in [0, 0.1) is 0 Å². The Morgan fingerprint density at radius 1 is 1.14 bits per heavy atom. The fraction of sp³-hybridized carbons (Fsp3) is 0.273. The fourth-order valence-corrected chi connectivity index (χ4v) is 6.21. The molecular formula is C11H15NO7P2. The van der Waals surface area contributed by atoms with Crippen molar-refractivity contribution in [2.45, 2.75) is 17.9 Å². The average Bonchev–Trinajstić information content (AvgIpc) is 2.62. The molecule has 1 unspecified atom stereocenters. The van der Waals surface area contributed by atoms with Crippen LogP contribution in [0.5, 0.6) is 0 Å². The molecule has 0 heterocycles. The molecule has 0 radical (unpaired) electrons. The normalized spacial score (nSPS) is 19.0. The van der Waals surface area contributed by atoms with Gasteiger partial charge in [0, 0.05) is 5.69 Å². The van der Waals surface area contributed by atoms with E-state index in [1.807, 2.05) is 0 Å². The Labute approximate surface area is 120 Å². The largest absolute Gasteiger partial charge is 0.399 e. The third kappa shape index (κ3) is 2.20. The second-order valence-corrected chi connectivity index (χ2v) is 8.75. The lowest BCUT2D eigenvalue weighted by molar-refractivity contribution is 0.217. The van der Waals surface area contributed by atoms with E-state index in [9.17, 15) is 33.8 Å². The van der Waals surface area contributed by atoms with Gasteiger partial charge in [0.15, 0.2) is 0 Å². The highest BCUT2D eigenvalue weighted by Crippen LogP contribution is 2.80. The summed E-state index contributed by atoms with van der Waals surface area (Å²) in [4.78, 5) is 35.8. The fourth-order valence-electron chi connectivity index (χ4n) is 2.66. The van der Waals surface area contributed by atoms with Crippen LogP contribution in [0.15, 0.2) is 23.8 Å². The Morgan fingerprint density at radius 3 is 2.10 bits per heavy atom. The second-order valence-electron chi connectivity index (χ2n) is 4.88. The summed E-state index contributed by atoms with van der Waals surface area (Å²) < 4.78 is 24.0. The molecule has 1 aliphatic rings. The number of aliphatic hydroxyl groups excluding tert-OH is 1. The number of hydrogen-bond donors (Lipinski definition) is 6. The number of nitrogen functional groups attached to an aromatic ring is 1. The van der Waals surface area contributed by atoms with Crippen molar-refractivity contribution in [3.63, 3.8) is 0 Å². The first kappa shape index (κ1) is 16.4. The van der Waals surface area contributed by atoms with E-state index in [1.54, 1.807) is 0 Å². The van der Waals surface area contributed by atoms with Crippen LogP contribution in [0.1, 0.15) is 18.1 Å². The second kappa shape index (κ2) is 4.76. The maximum Gasteiger partial charge on any atom is 0.352 e. The molecular weight excluding hydrogens is 320 g/mol. The predicted octanol–water partition coefficient (Wildman–Crippen LogP) is 0.555. The van der Waals surface area contributed by atoms with E-state index in [1.165, 1.54) is 25.1 Å². The van der Waals surface area contributed by atoms with Crippen molar-refractivity contribution in [2.24, 2.45) is 0 Å². The van der Waals surface area contributed by atoms with Gasteiger partial charge in [-0.2, -0.15) is 0 Å². The van der Waals surface area contributed by atoms with Gasteiger partial charge in [-0.05, 0) is 35.8 Å². The summed E-state index contributed by atoms with van der Waals surface area (Å²) in [6, 6.07) is 3.93. The molecule has 0 fully saturated rings. The molecule has 7 N–H and O–H groups in total. The Bertz CT molecular complexity index is 693. The summed E-state index contributed by atoms with van der Waals surface area (Å²) in [5.74, 6) is 0. The van der Waals surface area contributed by atoms with Crippen molar-refractivity contribution in [3.05, 3.63) is 34.9 Å². The van der Waals surface area contributed by atoms with Gasteiger partial charge in [0.2, 0.25) is 4.90 Å². The predicted molar refractivity (Wildman–Crippen MR) is 76.3 cm³/mol. The minimum Gasteiger partial charge on any atom is -0.399 e. The maximum absolute atomic E-state index is 12.0. The molecule has 0 spiro atoms. The zero-order valence-corrected chi connectivity index (χ0v) is 12.7. The van der Waals surface area contributed by atoms with E-state index in [0.29, 0.717) is 0 Å². The molecule has 1 aromatic carbocycles. The summed E-state index contributed by atoms with van der Waals surface area (Å²) in [7, 11) is -10.8. The highest BCUT2D eigenvalue weighted by Gasteiger charge is 2.67. The van der Waals surface area contributed by atoms with Gasteiger partial charge in [-0.25, -0.2) is 0 Å². The molecule has 116 valence electrons. The standard InChI is InChI=1S/C11H15NO7P2/c1-6(13)9-4-7-2-3-8(12)5-10(7)11(9,20(14,15)16)21(17,18)19/h2-6,13H,12H2,1H3,(H2,14,15,16)(H2,17,18,19). The van der Waals surface area contributed by atoms with Gasteiger partial charge in [0.1, 0.15) is 0 Å². The molecule has 0 amide bonds. The first-order chi connectivity index (χ1) is 9.43. The molecule has 10 heteroatoms. The van der Waals surface area contributed by atoms with Crippen LogP contribution >= 0.6 is 15.2 Å². The molecule has 0 saturated heterocycles. The lowest BCUT2D eigenvalue weighted by Gasteiger charge is -2.35. The summed E-state index contributed by atoms with van der Waals surface area (Å²) in [5.41, 5.74) is 5.16. The van der Waals surface area contributed by atoms with Gasteiger partial charge in [-0.3, -0.25) is 9.13 Å². The number of nitrogens with two attached hydrogens (primary N) is 1. The highest BCUT2D eigenvalue weighted by molar-refractivity contribution is 7.72. The minimum atomic E-state index is -5.38. The maximum atomic E-state index is 12.0. The first-order valence-corrected chi connectivity index (χ1v) is 9.07. The molecule has 0 saturated carbocycles. The van der Waals surface area contributed by atoms with Crippen molar-refractivity contribution in [2.75, 3.05) is 5.73 Å². The number of hydrogen-bond acceptors (Lipinski definition) is 4. The van der Waals surface area contributed by atoms with Crippen LogP contribution in [-0.2, 0) is 14.0 Å². The van der Waals surface area contributed by atoms with Crippen LogP contribution in [-0.4, -0.2) is 30.8 Å². The van der Waals surface area contributed by atoms with E-state index in [-0.39, 0.29) is 16.8 Å². The number of benzene rings is 1. The molecule has 0 aliphatic heterocycles. The van der Waals surface area contributed by atoms with Crippen LogP contribution < -0.4 is 5.73 Å². The van der Waals surface area contributed by atoms with Crippen molar-refractivity contribution in [1.29, 1.82) is 0 Å². The first-order valence-electron chi connectivity index (χ1n) is 5.84. The molecule has 1 aliphatic carbocycles. The third-order valence-corrected chi connectivity index (χ3v) is 7.71. The van der Waals surface area contributed by atoms with Gasteiger partial charge in [0.25, 0.3) is 0 Å². The number of fused-ring (bicyclic) bond motifs is 1. The molecule has 0 bridgehead atoms. The molecule has 2 rings (SSSR count). The van der Waals surface area contributed by atoms with Gasteiger partial charge < -0.3 is 30.4 Å². The Kier molecular flexibility index (Phi) is 3.72. The number of rotatable bonds is 3. The SMILES string of the molecule is CC(O)C1=Cc2ccc(N)cc2C1(P(=O)(O)O)P(=O)(O)O. The summed E-state index contributed by atoms with van der Waals surface area (Å²) >= 11 is 0. The quantitative estimate of drug-likeness (QED) is 0.345. The number of aliphatic hydroxyl groups is 1. The van der Waals surface area contributed by atoms with Crippen molar-refractivity contribution in [3.8, 4) is 0 Å². The van der Waals surface area contributed by atoms with Crippen molar-refractivity contribution < 1.29 is 33.8 Å². The number of anilines is 1. The van der Waals surface area contributed by atoms with E-state index < -0.39 is 31.8 Å². The molecule has 8 nitrogen and oxygen atoms in total. The third-order valence-electron chi connectivity index (χ3n) is 3.46. The molecule has 1 aromatic rings. The van der Waals surface area contributed by atoms with Crippen LogP contribution in [0.3, 0.4) is 0 Å². The highest BCUT2D eigenvalue weighted by atomic mass is 31.2. The van der Waals surface area contributed by atoms with Gasteiger partial charge in [-0.1, -0.05) is 12.1 Å². The van der Waals surface area contributed by atoms with Crippen LogP contribution in [0.25, 0.3) is 6.08 Å². The lowest BCUT2D eigenvalue weighted by Crippen LogP contribution is -2.31. The summed E-state index contributed by atoms with van der Waals surface area (Å²) in [5, 5.41) is 9.77. The smallest absolute Gasteiger partial charge is 0.352 e. The van der Waals surface area contributed by atoms with E-state index in [2.05, 4.69) is 0 Å². The van der Waals surface area contributed by atoms with E-state index >= 15 is 0 Å². The van der Waals surface area contributed by atoms with E-state index in [0.717, 1.165) is 6.07 Å². The molecule has 21 heavy (non-hydrogen) atoms. The van der Waals surface area contributed by atoms with Gasteiger partial charge >= 0.3 is 15.2 Å². The van der Waals surface area contributed by atoms with E-state index in [4.69, 9.17) is 5.73 Å². The Hall–Kier alpha value is -0.980. The Balaban J connectivity index is 2.97. The topological polar surface area (TPSA) is 161 Å². The zero-order valence-electron chi connectivity index (χ0n) is 10.9. The molecule has 0 aromatic heterocycles. The minimum absolute atomic E-state index is 0.0975. The van der Waals surface area contributed by atoms with Crippen molar-refractivity contribution >= 4 is 27.0 Å².